The molecule has 1 aliphatic rings. The molecule has 1 rings (SSSR count). The zero-order chi connectivity index (χ0) is 11.8. The van der Waals surface area contributed by atoms with Crippen molar-refractivity contribution in [2.75, 3.05) is 53.0 Å². The maximum atomic E-state index is 11.1. The molecular weight excluding hydrogens is 208 g/mol. The molecule has 0 aromatic carbocycles. The van der Waals surface area contributed by atoms with E-state index in [0.29, 0.717) is 6.54 Å². The van der Waals surface area contributed by atoms with Gasteiger partial charge in [-0.05, 0) is 0 Å². The van der Waals surface area contributed by atoms with Crippen LogP contribution in [0.4, 0.5) is 0 Å². The molecule has 0 aliphatic carbocycles. The lowest BCUT2D eigenvalue weighted by molar-refractivity contribution is -0.144. The third kappa shape index (κ3) is 4.92. The van der Waals surface area contributed by atoms with Crippen molar-refractivity contribution in [1.29, 1.82) is 0 Å². The first-order valence-corrected chi connectivity index (χ1v) is 5.82. The summed E-state index contributed by atoms with van der Waals surface area (Å²) in [5.74, 6) is -0.228. The monoisotopic (exact) mass is 230 g/mol. The molecule has 0 amide bonds. The summed E-state index contributed by atoms with van der Waals surface area (Å²) in [5.41, 5.74) is 0. The van der Waals surface area contributed by atoms with Gasteiger partial charge in [-0.1, -0.05) is 6.92 Å². The fourth-order valence-electron chi connectivity index (χ4n) is 1.67. The number of nitrogens with zero attached hydrogens (tertiary/aromatic N) is 1. The van der Waals surface area contributed by atoms with Crippen molar-refractivity contribution in [3.05, 3.63) is 0 Å². The molecule has 1 aliphatic heterocycles. The standard InChI is InChI=1S/C11H22N2O3/c1-10(11(14)15-2)9-12-3-4-13-5-7-16-8-6-13/h10,12H,3-9H2,1-2H3. The van der Waals surface area contributed by atoms with Gasteiger partial charge in [0, 0.05) is 32.7 Å². The molecule has 1 saturated heterocycles. The van der Waals surface area contributed by atoms with Crippen molar-refractivity contribution in [2.45, 2.75) is 6.92 Å². The zero-order valence-corrected chi connectivity index (χ0v) is 10.2. The Morgan fingerprint density at radius 1 is 1.50 bits per heavy atom. The Hall–Kier alpha value is -0.650. The highest BCUT2D eigenvalue weighted by atomic mass is 16.5. The molecule has 0 saturated carbocycles. The number of hydrogen-bond acceptors (Lipinski definition) is 5. The Bertz CT molecular complexity index is 205. The van der Waals surface area contributed by atoms with Crippen LogP contribution in [0.1, 0.15) is 6.92 Å². The van der Waals surface area contributed by atoms with Crippen LogP contribution in [-0.4, -0.2) is 63.9 Å². The summed E-state index contributed by atoms with van der Waals surface area (Å²) >= 11 is 0. The topological polar surface area (TPSA) is 50.8 Å². The number of carbonyl (C=O) groups excluding carboxylic acids is 1. The van der Waals surface area contributed by atoms with E-state index in [2.05, 4.69) is 15.0 Å². The minimum Gasteiger partial charge on any atom is -0.469 e. The zero-order valence-electron chi connectivity index (χ0n) is 10.2. The van der Waals surface area contributed by atoms with Gasteiger partial charge < -0.3 is 14.8 Å². The van der Waals surface area contributed by atoms with Crippen LogP contribution in [0, 0.1) is 5.92 Å². The number of nitrogens with one attached hydrogen (secondary N) is 1. The summed E-state index contributed by atoms with van der Waals surface area (Å²) in [4.78, 5) is 13.5. The van der Waals surface area contributed by atoms with Gasteiger partial charge in [0.15, 0.2) is 0 Å². The maximum Gasteiger partial charge on any atom is 0.309 e. The molecular formula is C11H22N2O3. The highest BCUT2D eigenvalue weighted by Crippen LogP contribution is 1.96. The van der Waals surface area contributed by atoms with Crippen molar-refractivity contribution >= 4 is 5.97 Å². The third-order valence-corrected chi connectivity index (χ3v) is 2.76. The first-order valence-electron chi connectivity index (χ1n) is 5.82. The fraction of sp³-hybridized carbons (Fsp3) is 0.909. The van der Waals surface area contributed by atoms with Crippen molar-refractivity contribution < 1.29 is 14.3 Å². The smallest absolute Gasteiger partial charge is 0.309 e. The predicted molar refractivity (Wildman–Crippen MR) is 61.3 cm³/mol. The van der Waals surface area contributed by atoms with Gasteiger partial charge in [-0.3, -0.25) is 9.69 Å². The van der Waals surface area contributed by atoms with Crippen LogP contribution < -0.4 is 5.32 Å². The van der Waals surface area contributed by atoms with Crippen molar-refractivity contribution in [2.24, 2.45) is 5.92 Å². The highest BCUT2D eigenvalue weighted by Gasteiger charge is 2.13. The normalized spacial score (nSPS) is 19.4. The highest BCUT2D eigenvalue weighted by molar-refractivity contribution is 5.71. The first-order chi connectivity index (χ1) is 7.74. The summed E-state index contributed by atoms with van der Waals surface area (Å²) in [6.45, 7) is 8.14. The fourth-order valence-corrected chi connectivity index (χ4v) is 1.67. The lowest BCUT2D eigenvalue weighted by Crippen LogP contribution is -2.41. The Morgan fingerprint density at radius 2 is 2.19 bits per heavy atom. The van der Waals surface area contributed by atoms with Gasteiger partial charge in [-0.25, -0.2) is 0 Å². The van der Waals surface area contributed by atoms with E-state index < -0.39 is 0 Å². The molecule has 1 heterocycles. The van der Waals surface area contributed by atoms with Crippen LogP contribution in [0.2, 0.25) is 0 Å². The van der Waals surface area contributed by atoms with Crippen LogP contribution in [0.15, 0.2) is 0 Å². The lowest BCUT2D eigenvalue weighted by atomic mass is 10.2. The number of rotatable bonds is 6. The average molecular weight is 230 g/mol. The second-order valence-electron chi connectivity index (χ2n) is 4.08. The van der Waals surface area contributed by atoms with Crippen LogP contribution in [0.25, 0.3) is 0 Å². The van der Waals surface area contributed by atoms with E-state index >= 15 is 0 Å². The summed E-state index contributed by atoms with van der Waals surface area (Å²) in [6, 6.07) is 0. The predicted octanol–water partition coefficient (Wildman–Crippen LogP) is -0.283. The number of morpholine rings is 1. The summed E-state index contributed by atoms with van der Waals surface area (Å²) in [6.07, 6.45) is 0. The molecule has 1 fully saturated rings. The average Bonchev–Trinajstić information content (AvgIpc) is 2.34. The molecule has 0 aromatic heterocycles. The van der Waals surface area contributed by atoms with Crippen LogP contribution >= 0.6 is 0 Å². The van der Waals surface area contributed by atoms with Crippen LogP contribution in [-0.2, 0) is 14.3 Å². The molecule has 16 heavy (non-hydrogen) atoms. The van der Waals surface area contributed by atoms with Crippen LogP contribution in [0.3, 0.4) is 0 Å². The van der Waals surface area contributed by atoms with Crippen molar-refractivity contribution in [3.8, 4) is 0 Å². The lowest BCUT2D eigenvalue weighted by Gasteiger charge is -2.26. The van der Waals surface area contributed by atoms with E-state index in [4.69, 9.17) is 4.74 Å². The largest absolute Gasteiger partial charge is 0.469 e. The molecule has 1 unspecified atom stereocenters. The van der Waals surface area contributed by atoms with Gasteiger partial charge in [0.05, 0.1) is 26.2 Å². The second kappa shape index (κ2) is 7.60. The third-order valence-electron chi connectivity index (χ3n) is 2.76. The summed E-state index contributed by atoms with van der Waals surface area (Å²) in [5, 5.41) is 3.26. The SMILES string of the molecule is COC(=O)C(C)CNCCN1CCOCC1. The van der Waals surface area contributed by atoms with E-state index in [1.165, 1.54) is 7.11 Å². The van der Waals surface area contributed by atoms with Crippen molar-refractivity contribution in [3.63, 3.8) is 0 Å². The van der Waals surface area contributed by atoms with Gasteiger partial charge in [-0.2, -0.15) is 0 Å². The number of methoxy groups -OCH3 is 1. The van der Waals surface area contributed by atoms with E-state index in [-0.39, 0.29) is 11.9 Å². The van der Waals surface area contributed by atoms with Gasteiger partial charge in [-0.15, -0.1) is 0 Å². The van der Waals surface area contributed by atoms with E-state index in [9.17, 15) is 4.79 Å². The molecule has 5 heteroatoms. The van der Waals surface area contributed by atoms with Crippen LogP contribution in [0.5, 0.6) is 0 Å². The van der Waals surface area contributed by atoms with Gasteiger partial charge >= 0.3 is 5.97 Å². The number of esters is 1. The molecule has 0 spiro atoms. The summed E-state index contributed by atoms with van der Waals surface area (Å²) < 4.78 is 9.92. The quantitative estimate of drug-likeness (QED) is 0.502. The molecule has 0 bridgehead atoms. The Kier molecular flexibility index (Phi) is 6.37. The molecule has 0 aromatic rings. The molecule has 1 N–H and O–H groups in total. The Morgan fingerprint density at radius 3 is 2.81 bits per heavy atom. The Balaban J connectivity index is 2.00. The molecule has 94 valence electrons. The Labute approximate surface area is 97.1 Å². The van der Waals surface area contributed by atoms with Crippen molar-refractivity contribution in [1.82, 2.24) is 10.2 Å². The minimum atomic E-state index is -0.154. The van der Waals surface area contributed by atoms with Gasteiger partial charge in [0.1, 0.15) is 0 Å². The van der Waals surface area contributed by atoms with E-state index in [1.54, 1.807) is 0 Å². The maximum absolute atomic E-state index is 11.1. The molecule has 1 atom stereocenters. The summed E-state index contributed by atoms with van der Waals surface area (Å²) in [7, 11) is 1.42. The van der Waals surface area contributed by atoms with E-state index in [1.807, 2.05) is 6.92 Å². The first kappa shape index (κ1) is 13.4. The molecule has 5 nitrogen and oxygen atoms in total. The number of carbonyl (C=O) groups is 1. The number of hydrogen-bond donors (Lipinski definition) is 1. The van der Waals surface area contributed by atoms with Gasteiger partial charge in [0.2, 0.25) is 0 Å². The molecule has 0 radical (unpaired) electrons. The second-order valence-corrected chi connectivity index (χ2v) is 4.08. The van der Waals surface area contributed by atoms with Gasteiger partial charge in [0.25, 0.3) is 0 Å². The number of ether oxygens (including phenoxy) is 2. The van der Waals surface area contributed by atoms with E-state index in [0.717, 1.165) is 39.4 Å². The minimum absolute atomic E-state index is 0.0744.